The van der Waals surface area contributed by atoms with Crippen LogP contribution in [0.4, 0.5) is 13.6 Å². The van der Waals surface area contributed by atoms with Crippen molar-refractivity contribution >= 4 is 28.8 Å². The number of alkyl halides is 2. The Balaban J connectivity index is 0.933. The molecule has 334 valence electrons. The van der Waals surface area contributed by atoms with Gasteiger partial charge in [0.05, 0.1) is 55.7 Å². The van der Waals surface area contributed by atoms with E-state index in [1.807, 2.05) is 31.7 Å². The summed E-state index contributed by atoms with van der Waals surface area (Å²) >= 11 is 0. The van der Waals surface area contributed by atoms with Gasteiger partial charge in [-0.05, 0) is 84.5 Å². The fourth-order valence-electron chi connectivity index (χ4n) is 11.0. The Labute approximate surface area is 368 Å². The summed E-state index contributed by atoms with van der Waals surface area (Å²) in [5.41, 5.74) is 1.77. The Morgan fingerprint density at radius 3 is 2.36 bits per heavy atom. The van der Waals surface area contributed by atoms with E-state index in [4.69, 9.17) is 14.5 Å². The van der Waals surface area contributed by atoms with Crippen LogP contribution >= 0.6 is 0 Å². The zero-order valence-corrected chi connectivity index (χ0v) is 36.3. The number of alkyl carbamates (subject to hydrolysis) is 1. The third kappa shape index (κ3) is 6.96. The highest BCUT2D eigenvalue weighted by molar-refractivity contribution is 5.88. The third-order valence-corrected chi connectivity index (χ3v) is 14.0. The van der Waals surface area contributed by atoms with Crippen LogP contribution in [-0.4, -0.2) is 92.9 Å². The van der Waals surface area contributed by atoms with Crippen LogP contribution in [0.5, 0.6) is 0 Å². The van der Waals surface area contributed by atoms with Gasteiger partial charge in [-0.3, -0.25) is 14.4 Å². The van der Waals surface area contributed by atoms with Crippen molar-refractivity contribution in [3.05, 3.63) is 93.9 Å². The monoisotopic (exact) mass is 875 g/mol. The van der Waals surface area contributed by atoms with E-state index in [0.29, 0.717) is 81.6 Å². The molecule has 4 unspecified atom stereocenters. The molecule has 2 aromatic heterocycles. The normalized spacial score (nSPS) is 24.0. The number of imidazole rings is 1. The molecule has 0 bridgehead atoms. The van der Waals surface area contributed by atoms with Gasteiger partial charge in [-0.2, -0.15) is 8.78 Å². The molecule has 4 atom stereocenters. The highest BCUT2D eigenvalue weighted by Gasteiger charge is 2.58. The van der Waals surface area contributed by atoms with Gasteiger partial charge < -0.3 is 39.3 Å². The Hall–Kier alpha value is -6.00. The summed E-state index contributed by atoms with van der Waals surface area (Å²) in [6.45, 7) is 6.39. The van der Waals surface area contributed by atoms with Crippen molar-refractivity contribution in [1.29, 1.82) is 0 Å². The summed E-state index contributed by atoms with van der Waals surface area (Å²) in [4.78, 5) is 72.0. The number of aromatic amines is 2. The molecular weight excluding hydrogens is 825 g/mol. The lowest BCUT2D eigenvalue weighted by Crippen LogP contribution is -2.48. The Bertz CT molecular complexity index is 2760. The van der Waals surface area contributed by atoms with Gasteiger partial charge in [0.25, 0.3) is 11.5 Å². The second-order valence-electron chi connectivity index (χ2n) is 18.6. The number of fused-ring (bicyclic) bond motifs is 5. The largest absolute Gasteiger partial charge is 0.453 e. The van der Waals surface area contributed by atoms with Crippen molar-refractivity contribution in [2.45, 2.75) is 95.0 Å². The summed E-state index contributed by atoms with van der Waals surface area (Å²) in [7, 11) is 1.21. The number of ether oxygens (including phenoxy) is 3. The second-order valence-corrected chi connectivity index (χ2v) is 18.6. The summed E-state index contributed by atoms with van der Waals surface area (Å²) in [6, 6.07) is 14.9. The zero-order chi connectivity index (χ0) is 44.7. The van der Waals surface area contributed by atoms with Crippen molar-refractivity contribution in [3.8, 4) is 33.5 Å². The van der Waals surface area contributed by atoms with Gasteiger partial charge in [0.1, 0.15) is 23.7 Å². The minimum Gasteiger partial charge on any atom is -0.453 e. The lowest BCUT2D eigenvalue weighted by Gasteiger charge is -2.34. The molecule has 10 rings (SSSR count). The maximum Gasteiger partial charge on any atom is 0.407 e. The molecule has 2 aliphatic carbocycles. The van der Waals surface area contributed by atoms with E-state index in [-0.39, 0.29) is 60.1 Å². The van der Waals surface area contributed by atoms with Crippen molar-refractivity contribution in [2.75, 3.05) is 33.4 Å². The molecule has 5 aromatic rings. The molecule has 3 saturated heterocycles. The summed E-state index contributed by atoms with van der Waals surface area (Å²) in [5, 5.41) is 2.82. The highest BCUT2D eigenvalue weighted by Crippen LogP contribution is 2.53. The Morgan fingerprint density at radius 1 is 0.938 bits per heavy atom. The van der Waals surface area contributed by atoms with Crippen LogP contribution in [0.25, 0.3) is 44.4 Å². The van der Waals surface area contributed by atoms with E-state index in [1.165, 1.54) is 19.2 Å². The number of rotatable bonds is 8. The van der Waals surface area contributed by atoms with Crippen LogP contribution in [0.15, 0.2) is 65.6 Å². The molecule has 5 heterocycles. The quantitative estimate of drug-likeness (QED) is 0.143. The molecule has 3 aliphatic heterocycles. The number of methoxy groups -OCH3 is 1. The number of carbonyl (C=O) groups is 3. The summed E-state index contributed by atoms with van der Waals surface area (Å²) in [6.07, 6.45) is 6.41. The SMILES string of the molecule is COC(=O)NCC(=O)N1CC2(CC1(C)c1ncc(-c3ccc4c(c3)C(F)(F)c3cc(-c5ccc6c(=O)[nH]c(C7CC8CCCCC8N7C(=O)CC(C)C)nc6c5)ccc3-4)[nH]1)OCCO2. The van der Waals surface area contributed by atoms with Crippen LogP contribution in [0.1, 0.15) is 94.5 Å². The van der Waals surface area contributed by atoms with Gasteiger partial charge in [0.15, 0.2) is 5.79 Å². The number of benzene rings is 3. The Kier molecular flexibility index (Phi) is 10.2. The number of nitrogens with one attached hydrogen (secondary N) is 3. The number of amides is 3. The number of hydrogen-bond acceptors (Lipinski definition) is 9. The Morgan fingerprint density at radius 2 is 1.62 bits per heavy atom. The molecule has 4 fully saturated rings. The van der Waals surface area contributed by atoms with Crippen LogP contribution in [-0.2, 0) is 35.3 Å². The van der Waals surface area contributed by atoms with Crippen molar-refractivity contribution < 1.29 is 37.4 Å². The summed E-state index contributed by atoms with van der Waals surface area (Å²) < 4.78 is 50.0. The summed E-state index contributed by atoms with van der Waals surface area (Å²) in [5.74, 6) is -3.30. The van der Waals surface area contributed by atoms with Gasteiger partial charge >= 0.3 is 6.09 Å². The van der Waals surface area contributed by atoms with Gasteiger partial charge in [-0.1, -0.05) is 57.0 Å². The van der Waals surface area contributed by atoms with Gasteiger partial charge in [0.2, 0.25) is 11.8 Å². The fraction of sp³-hybridized carbons (Fsp3) is 0.458. The predicted molar refractivity (Wildman–Crippen MR) is 232 cm³/mol. The number of likely N-dealkylation sites (tertiary alicyclic amines) is 2. The molecule has 64 heavy (non-hydrogen) atoms. The van der Waals surface area contributed by atoms with E-state index in [9.17, 15) is 19.2 Å². The van der Waals surface area contributed by atoms with Crippen molar-refractivity contribution in [3.63, 3.8) is 0 Å². The second kappa shape index (κ2) is 15.6. The molecule has 16 heteroatoms. The molecule has 5 aliphatic rings. The van der Waals surface area contributed by atoms with E-state index in [2.05, 4.69) is 25.0 Å². The van der Waals surface area contributed by atoms with Crippen LogP contribution in [0.3, 0.4) is 0 Å². The van der Waals surface area contributed by atoms with Crippen molar-refractivity contribution in [2.24, 2.45) is 11.8 Å². The van der Waals surface area contributed by atoms with Crippen LogP contribution < -0.4 is 10.9 Å². The smallest absolute Gasteiger partial charge is 0.407 e. The molecule has 3 N–H and O–H groups in total. The zero-order valence-electron chi connectivity index (χ0n) is 36.3. The number of hydrogen-bond donors (Lipinski definition) is 3. The topological polar surface area (TPSA) is 172 Å². The lowest BCUT2D eigenvalue weighted by molar-refractivity contribution is -0.152. The van der Waals surface area contributed by atoms with Gasteiger partial charge in [-0.15, -0.1) is 0 Å². The van der Waals surface area contributed by atoms with E-state index in [1.54, 1.807) is 47.5 Å². The first-order chi connectivity index (χ1) is 30.7. The first kappa shape index (κ1) is 42.0. The molecule has 1 spiro atoms. The molecule has 0 radical (unpaired) electrons. The minimum absolute atomic E-state index is 0.0847. The van der Waals surface area contributed by atoms with Gasteiger partial charge in [0, 0.05) is 35.6 Å². The molecular formula is C48H51F2N7O7. The predicted octanol–water partition coefficient (Wildman–Crippen LogP) is 7.53. The average Bonchev–Trinajstić information content (AvgIpc) is 4.12. The molecule has 1 saturated carbocycles. The minimum atomic E-state index is -3.35. The first-order valence-electron chi connectivity index (χ1n) is 22.2. The molecule has 14 nitrogen and oxygen atoms in total. The lowest BCUT2D eigenvalue weighted by atomic mass is 9.84. The molecule has 3 amide bonds. The number of halogens is 2. The van der Waals surface area contributed by atoms with E-state index in [0.717, 1.165) is 32.1 Å². The fourth-order valence-corrected chi connectivity index (χ4v) is 11.0. The van der Waals surface area contributed by atoms with Crippen LogP contribution in [0, 0.1) is 11.8 Å². The van der Waals surface area contributed by atoms with Gasteiger partial charge in [-0.25, -0.2) is 14.8 Å². The van der Waals surface area contributed by atoms with E-state index < -0.39 is 29.2 Å². The standard InChI is InChI=1S/C48H51F2N7O7/c1-26(2)17-40(58)57-38-8-6-5-7-30(38)21-39(57)42-53-36-20-28(10-14-33(36)43(60)55-42)27-9-12-31-32-13-11-29(19-35(32)48(49,50)34(31)18-27)37-22-51-44(54-37)46(3)24-47(63-15-16-64-47)25-56(46)41(59)23-52-45(61)62-4/h9-14,18-20,22,26,30,38-39H,5-8,15-17,21,23-25H2,1-4H3,(H,51,54)(H,52,61)(H,53,55,60). The number of H-pyrrole nitrogens is 2. The first-order valence-corrected chi connectivity index (χ1v) is 22.2. The number of nitrogens with zero attached hydrogens (tertiary/aromatic N) is 4. The van der Waals surface area contributed by atoms with Crippen LogP contribution in [0.2, 0.25) is 0 Å². The molecule has 3 aromatic carbocycles. The number of aromatic nitrogens is 4. The maximum atomic E-state index is 16.7. The van der Waals surface area contributed by atoms with Crippen molar-refractivity contribution in [1.82, 2.24) is 35.1 Å². The van der Waals surface area contributed by atoms with E-state index >= 15 is 8.78 Å². The maximum absolute atomic E-state index is 16.7. The average molecular weight is 876 g/mol. The number of carbonyl (C=O) groups excluding carboxylic acids is 3. The highest BCUT2D eigenvalue weighted by atomic mass is 19.3. The third-order valence-electron chi connectivity index (χ3n) is 14.0.